The van der Waals surface area contributed by atoms with Gasteiger partial charge in [-0.05, 0) is 64.7 Å². The standard InChI is InChI=1S/C19H15ClO2/c1-22-19-8-4-14(5-9-19)16-10-15(11-18(21)12-16)13-2-6-17(20)7-3-13/h2-12,21H,1H3. The first kappa shape index (κ1) is 14.5. The van der Waals surface area contributed by atoms with Gasteiger partial charge in [0.15, 0.2) is 0 Å². The lowest BCUT2D eigenvalue weighted by molar-refractivity contribution is 0.415. The van der Waals surface area contributed by atoms with Gasteiger partial charge in [0, 0.05) is 5.02 Å². The molecule has 2 nitrogen and oxygen atoms in total. The highest BCUT2D eigenvalue weighted by Gasteiger charge is 2.05. The Morgan fingerprint density at radius 3 is 1.73 bits per heavy atom. The van der Waals surface area contributed by atoms with E-state index in [0.29, 0.717) is 5.02 Å². The molecule has 110 valence electrons. The van der Waals surface area contributed by atoms with Gasteiger partial charge in [0.05, 0.1) is 7.11 Å². The molecule has 0 aliphatic carbocycles. The summed E-state index contributed by atoms with van der Waals surface area (Å²) in [6.07, 6.45) is 0. The molecule has 0 unspecified atom stereocenters. The van der Waals surface area contributed by atoms with E-state index in [4.69, 9.17) is 16.3 Å². The van der Waals surface area contributed by atoms with Crippen molar-refractivity contribution in [3.63, 3.8) is 0 Å². The van der Waals surface area contributed by atoms with Crippen LogP contribution in [0.4, 0.5) is 0 Å². The molecule has 0 saturated carbocycles. The molecule has 3 aromatic carbocycles. The SMILES string of the molecule is COc1ccc(-c2cc(O)cc(-c3ccc(Cl)cc3)c2)cc1. The van der Waals surface area contributed by atoms with Crippen molar-refractivity contribution in [1.82, 2.24) is 0 Å². The smallest absolute Gasteiger partial charge is 0.118 e. The number of aromatic hydroxyl groups is 1. The van der Waals surface area contributed by atoms with E-state index >= 15 is 0 Å². The molecule has 0 atom stereocenters. The molecular weight excluding hydrogens is 296 g/mol. The lowest BCUT2D eigenvalue weighted by Gasteiger charge is -2.08. The van der Waals surface area contributed by atoms with Gasteiger partial charge in [-0.2, -0.15) is 0 Å². The zero-order valence-corrected chi connectivity index (χ0v) is 12.8. The van der Waals surface area contributed by atoms with E-state index < -0.39 is 0 Å². The van der Waals surface area contributed by atoms with Crippen LogP contribution < -0.4 is 4.74 Å². The fraction of sp³-hybridized carbons (Fsp3) is 0.0526. The minimum absolute atomic E-state index is 0.235. The first-order valence-corrected chi connectivity index (χ1v) is 7.28. The Morgan fingerprint density at radius 1 is 0.727 bits per heavy atom. The number of halogens is 1. The highest BCUT2D eigenvalue weighted by molar-refractivity contribution is 6.30. The van der Waals surface area contributed by atoms with Crippen molar-refractivity contribution in [3.05, 3.63) is 71.8 Å². The third-order valence-electron chi connectivity index (χ3n) is 3.52. The summed E-state index contributed by atoms with van der Waals surface area (Å²) in [7, 11) is 1.64. The maximum Gasteiger partial charge on any atom is 0.118 e. The maximum absolute atomic E-state index is 10.0. The van der Waals surface area contributed by atoms with Gasteiger partial charge in [0.25, 0.3) is 0 Å². The Bertz CT molecular complexity index is 778. The number of hydrogen-bond acceptors (Lipinski definition) is 2. The van der Waals surface area contributed by atoms with E-state index in [9.17, 15) is 5.11 Å². The topological polar surface area (TPSA) is 29.5 Å². The normalized spacial score (nSPS) is 10.5. The largest absolute Gasteiger partial charge is 0.508 e. The lowest BCUT2D eigenvalue weighted by Crippen LogP contribution is -1.84. The molecule has 0 aromatic heterocycles. The van der Waals surface area contributed by atoms with Gasteiger partial charge in [-0.3, -0.25) is 0 Å². The van der Waals surface area contributed by atoms with Gasteiger partial charge < -0.3 is 9.84 Å². The fourth-order valence-electron chi connectivity index (χ4n) is 2.37. The summed E-state index contributed by atoms with van der Waals surface area (Å²) in [6, 6.07) is 20.9. The van der Waals surface area contributed by atoms with Crippen molar-refractivity contribution >= 4 is 11.6 Å². The molecule has 0 saturated heterocycles. The Balaban J connectivity index is 2.03. The molecule has 0 fully saturated rings. The molecule has 0 spiro atoms. The molecule has 3 rings (SSSR count). The molecular formula is C19H15ClO2. The van der Waals surface area contributed by atoms with Crippen LogP contribution in [-0.2, 0) is 0 Å². The molecule has 22 heavy (non-hydrogen) atoms. The average Bonchev–Trinajstić information content (AvgIpc) is 2.55. The van der Waals surface area contributed by atoms with E-state index in [-0.39, 0.29) is 5.75 Å². The zero-order valence-electron chi connectivity index (χ0n) is 12.1. The predicted molar refractivity (Wildman–Crippen MR) is 90.5 cm³/mol. The van der Waals surface area contributed by atoms with Crippen molar-refractivity contribution in [3.8, 4) is 33.8 Å². The van der Waals surface area contributed by atoms with Crippen LogP contribution in [0.1, 0.15) is 0 Å². The Hall–Kier alpha value is -2.45. The molecule has 3 heteroatoms. The van der Waals surface area contributed by atoms with Crippen molar-refractivity contribution in [1.29, 1.82) is 0 Å². The van der Waals surface area contributed by atoms with Crippen LogP contribution in [0.15, 0.2) is 66.7 Å². The van der Waals surface area contributed by atoms with Crippen LogP contribution in [0, 0.1) is 0 Å². The first-order chi connectivity index (χ1) is 10.7. The van der Waals surface area contributed by atoms with E-state index in [1.807, 2.05) is 54.6 Å². The third kappa shape index (κ3) is 3.07. The minimum atomic E-state index is 0.235. The second kappa shape index (κ2) is 6.12. The summed E-state index contributed by atoms with van der Waals surface area (Å²) in [5.41, 5.74) is 3.93. The predicted octanol–water partition coefficient (Wildman–Crippen LogP) is 5.39. The number of phenolic OH excluding ortho intramolecular Hbond substituents is 1. The average molecular weight is 311 g/mol. The van der Waals surface area contributed by atoms with Crippen LogP contribution in [0.25, 0.3) is 22.3 Å². The highest BCUT2D eigenvalue weighted by atomic mass is 35.5. The summed E-state index contributed by atoms with van der Waals surface area (Å²) in [5, 5.41) is 10.7. The van der Waals surface area contributed by atoms with Crippen molar-refractivity contribution in [2.24, 2.45) is 0 Å². The first-order valence-electron chi connectivity index (χ1n) is 6.90. The Morgan fingerprint density at radius 2 is 1.23 bits per heavy atom. The molecule has 0 radical (unpaired) electrons. The molecule has 0 bridgehead atoms. The molecule has 3 aromatic rings. The van der Waals surface area contributed by atoms with E-state index in [0.717, 1.165) is 28.0 Å². The number of phenols is 1. The second-order valence-corrected chi connectivity index (χ2v) is 5.44. The highest BCUT2D eigenvalue weighted by Crippen LogP contribution is 2.32. The zero-order chi connectivity index (χ0) is 15.5. The maximum atomic E-state index is 10.0. The third-order valence-corrected chi connectivity index (χ3v) is 3.77. The van der Waals surface area contributed by atoms with Gasteiger partial charge >= 0.3 is 0 Å². The van der Waals surface area contributed by atoms with Crippen LogP contribution in [0.3, 0.4) is 0 Å². The van der Waals surface area contributed by atoms with E-state index in [1.165, 1.54) is 0 Å². The summed E-state index contributed by atoms with van der Waals surface area (Å²) < 4.78 is 5.17. The summed E-state index contributed by atoms with van der Waals surface area (Å²) >= 11 is 5.92. The van der Waals surface area contributed by atoms with Crippen LogP contribution in [0.2, 0.25) is 5.02 Å². The molecule has 0 aliphatic rings. The van der Waals surface area contributed by atoms with Crippen LogP contribution in [0.5, 0.6) is 11.5 Å². The number of methoxy groups -OCH3 is 1. The quantitative estimate of drug-likeness (QED) is 0.703. The summed E-state index contributed by atoms with van der Waals surface area (Å²) in [4.78, 5) is 0. The van der Waals surface area contributed by atoms with Crippen molar-refractivity contribution in [2.75, 3.05) is 7.11 Å². The van der Waals surface area contributed by atoms with Gasteiger partial charge in [-0.1, -0.05) is 35.9 Å². The Labute approximate surface area is 134 Å². The fourth-order valence-corrected chi connectivity index (χ4v) is 2.50. The van der Waals surface area contributed by atoms with Crippen molar-refractivity contribution < 1.29 is 9.84 Å². The number of benzene rings is 3. The number of rotatable bonds is 3. The van der Waals surface area contributed by atoms with Crippen LogP contribution >= 0.6 is 11.6 Å². The van der Waals surface area contributed by atoms with E-state index in [1.54, 1.807) is 19.2 Å². The molecule has 0 amide bonds. The monoisotopic (exact) mass is 310 g/mol. The van der Waals surface area contributed by atoms with Crippen molar-refractivity contribution in [2.45, 2.75) is 0 Å². The number of ether oxygens (including phenoxy) is 1. The summed E-state index contributed by atoms with van der Waals surface area (Å²) in [6.45, 7) is 0. The molecule has 0 aliphatic heterocycles. The number of hydrogen-bond donors (Lipinski definition) is 1. The van der Waals surface area contributed by atoms with Gasteiger partial charge in [-0.25, -0.2) is 0 Å². The van der Waals surface area contributed by atoms with Gasteiger partial charge in [0.2, 0.25) is 0 Å². The van der Waals surface area contributed by atoms with Crippen LogP contribution in [-0.4, -0.2) is 12.2 Å². The second-order valence-electron chi connectivity index (χ2n) is 5.00. The van der Waals surface area contributed by atoms with E-state index in [2.05, 4.69) is 0 Å². The van der Waals surface area contributed by atoms with Gasteiger partial charge in [0.1, 0.15) is 11.5 Å². The molecule has 0 heterocycles. The summed E-state index contributed by atoms with van der Waals surface area (Å²) in [5.74, 6) is 1.04. The lowest BCUT2D eigenvalue weighted by atomic mass is 9.98. The molecule has 1 N–H and O–H groups in total. The Kier molecular flexibility index (Phi) is 4.03. The minimum Gasteiger partial charge on any atom is -0.508 e. The van der Waals surface area contributed by atoms with Gasteiger partial charge in [-0.15, -0.1) is 0 Å².